The van der Waals surface area contributed by atoms with Gasteiger partial charge in [0.15, 0.2) is 0 Å². The molecule has 0 aromatic heterocycles. The normalized spacial score (nSPS) is 16.9. The number of carboxylic acid groups (broad SMARTS) is 1. The monoisotopic (exact) mass is 281 g/mol. The molecule has 1 heterocycles. The van der Waals surface area contributed by atoms with Gasteiger partial charge in [-0.05, 0) is 42.9 Å². The first-order valence-corrected chi connectivity index (χ1v) is 7.14. The van der Waals surface area contributed by atoms with E-state index in [-0.39, 0.29) is 0 Å². The number of nitrogens with zero attached hydrogens (tertiary/aromatic N) is 1. The molecule has 0 bridgehead atoms. The van der Waals surface area contributed by atoms with Gasteiger partial charge in [0.25, 0.3) is 0 Å². The van der Waals surface area contributed by atoms with Crippen molar-refractivity contribution in [2.45, 2.75) is 26.7 Å². The maximum atomic E-state index is 11.3. The van der Waals surface area contributed by atoms with E-state index in [4.69, 9.17) is 11.6 Å². The van der Waals surface area contributed by atoms with Crippen molar-refractivity contribution in [1.29, 1.82) is 0 Å². The maximum absolute atomic E-state index is 11.3. The quantitative estimate of drug-likeness (QED) is 0.913. The van der Waals surface area contributed by atoms with Gasteiger partial charge < -0.3 is 10.0 Å². The van der Waals surface area contributed by atoms with Gasteiger partial charge in [0.1, 0.15) is 0 Å². The fourth-order valence-corrected chi connectivity index (χ4v) is 2.92. The number of carboxylic acids is 1. The first-order valence-electron chi connectivity index (χ1n) is 6.77. The van der Waals surface area contributed by atoms with E-state index in [1.165, 1.54) is 0 Å². The summed E-state index contributed by atoms with van der Waals surface area (Å²) in [4.78, 5) is 13.4. The van der Waals surface area contributed by atoms with Crippen molar-refractivity contribution in [3.05, 3.63) is 28.8 Å². The van der Waals surface area contributed by atoms with Gasteiger partial charge in [-0.3, -0.25) is 0 Å². The van der Waals surface area contributed by atoms with Crippen LogP contribution in [0.5, 0.6) is 0 Å². The van der Waals surface area contributed by atoms with E-state index in [0.29, 0.717) is 16.5 Å². The van der Waals surface area contributed by atoms with Gasteiger partial charge in [0.2, 0.25) is 0 Å². The molecule has 1 aliphatic heterocycles. The number of piperidine rings is 1. The Balaban J connectivity index is 2.19. The Hall–Kier alpha value is -1.22. The fraction of sp³-hybridized carbons (Fsp3) is 0.533. The fourth-order valence-electron chi connectivity index (χ4n) is 2.75. The number of halogens is 1. The van der Waals surface area contributed by atoms with Gasteiger partial charge in [0.05, 0.1) is 11.3 Å². The minimum Gasteiger partial charge on any atom is -0.478 e. The van der Waals surface area contributed by atoms with Crippen molar-refractivity contribution < 1.29 is 9.90 Å². The molecular weight excluding hydrogens is 262 g/mol. The summed E-state index contributed by atoms with van der Waals surface area (Å²) < 4.78 is 0. The molecule has 19 heavy (non-hydrogen) atoms. The molecular formula is C15H20ClNO2. The average molecular weight is 282 g/mol. The van der Waals surface area contributed by atoms with Crippen molar-refractivity contribution >= 4 is 23.3 Å². The van der Waals surface area contributed by atoms with E-state index in [2.05, 4.69) is 18.7 Å². The third kappa shape index (κ3) is 3.21. The second-order valence-corrected chi connectivity index (χ2v) is 5.97. The molecule has 1 aromatic rings. The second kappa shape index (κ2) is 5.83. The van der Waals surface area contributed by atoms with Crippen LogP contribution in [0.3, 0.4) is 0 Å². The molecule has 1 aliphatic rings. The van der Waals surface area contributed by atoms with Gasteiger partial charge in [-0.15, -0.1) is 0 Å². The number of hydrogen-bond acceptors (Lipinski definition) is 2. The molecule has 0 aliphatic carbocycles. The lowest BCUT2D eigenvalue weighted by Gasteiger charge is -2.36. The van der Waals surface area contributed by atoms with Gasteiger partial charge >= 0.3 is 5.97 Å². The molecule has 0 amide bonds. The summed E-state index contributed by atoms with van der Waals surface area (Å²) >= 11 is 6.00. The Morgan fingerprint density at radius 3 is 2.53 bits per heavy atom. The van der Waals surface area contributed by atoms with E-state index >= 15 is 0 Å². The van der Waals surface area contributed by atoms with Gasteiger partial charge in [0, 0.05) is 18.1 Å². The first kappa shape index (κ1) is 14.2. The molecule has 1 saturated heterocycles. The highest BCUT2D eigenvalue weighted by atomic mass is 35.5. The van der Waals surface area contributed by atoms with Crippen LogP contribution in [0.4, 0.5) is 5.69 Å². The molecule has 3 nitrogen and oxygen atoms in total. The maximum Gasteiger partial charge on any atom is 0.337 e. The molecule has 1 N–H and O–H groups in total. The van der Waals surface area contributed by atoms with E-state index in [1.54, 1.807) is 18.2 Å². The zero-order valence-corrected chi connectivity index (χ0v) is 12.2. The van der Waals surface area contributed by atoms with E-state index in [9.17, 15) is 9.90 Å². The third-order valence-corrected chi connectivity index (χ3v) is 4.25. The average Bonchev–Trinajstić information content (AvgIpc) is 2.38. The highest BCUT2D eigenvalue weighted by Gasteiger charge is 2.24. The molecule has 1 aromatic carbocycles. The SMILES string of the molecule is CC(C)C1CCN(c2cc(Cl)ccc2C(=O)O)CC1. The van der Waals surface area contributed by atoms with Crippen LogP contribution in [0, 0.1) is 11.8 Å². The van der Waals surface area contributed by atoms with E-state index < -0.39 is 5.97 Å². The predicted molar refractivity (Wildman–Crippen MR) is 78.2 cm³/mol. The molecule has 2 rings (SSSR count). The topological polar surface area (TPSA) is 40.5 Å². The summed E-state index contributed by atoms with van der Waals surface area (Å²) in [6, 6.07) is 4.99. The molecule has 0 unspecified atom stereocenters. The van der Waals surface area contributed by atoms with Crippen LogP contribution >= 0.6 is 11.6 Å². The smallest absolute Gasteiger partial charge is 0.337 e. The van der Waals surface area contributed by atoms with Crippen molar-refractivity contribution in [3.63, 3.8) is 0 Å². The number of anilines is 1. The van der Waals surface area contributed by atoms with Crippen LogP contribution in [0.1, 0.15) is 37.0 Å². The predicted octanol–water partition coefficient (Wildman–Crippen LogP) is 3.91. The Morgan fingerprint density at radius 2 is 2.00 bits per heavy atom. The molecule has 0 radical (unpaired) electrons. The molecule has 0 spiro atoms. The van der Waals surface area contributed by atoms with Crippen LogP contribution in [-0.4, -0.2) is 24.2 Å². The number of rotatable bonds is 3. The summed E-state index contributed by atoms with van der Waals surface area (Å²) in [6.45, 7) is 6.32. The summed E-state index contributed by atoms with van der Waals surface area (Å²) in [6.07, 6.45) is 2.23. The van der Waals surface area contributed by atoms with Crippen LogP contribution in [0.15, 0.2) is 18.2 Å². The number of carbonyl (C=O) groups is 1. The van der Waals surface area contributed by atoms with Crippen LogP contribution in [0.2, 0.25) is 5.02 Å². The standard InChI is InChI=1S/C15H20ClNO2/c1-10(2)11-5-7-17(8-6-11)14-9-12(16)3-4-13(14)15(18)19/h3-4,9-11H,5-8H2,1-2H3,(H,18,19). The van der Waals surface area contributed by atoms with Gasteiger partial charge in [-0.1, -0.05) is 25.4 Å². The zero-order chi connectivity index (χ0) is 14.0. The largest absolute Gasteiger partial charge is 0.478 e. The van der Waals surface area contributed by atoms with Crippen LogP contribution in [-0.2, 0) is 0 Å². The highest BCUT2D eigenvalue weighted by molar-refractivity contribution is 6.31. The number of benzene rings is 1. The lowest BCUT2D eigenvalue weighted by atomic mass is 9.86. The lowest BCUT2D eigenvalue weighted by Crippen LogP contribution is -2.36. The van der Waals surface area contributed by atoms with Gasteiger partial charge in [-0.2, -0.15) is 0 Å². The van der Waals surface area contributed by atoms with E-state index in [1.807, 2.05) is 0 Å². The third-order valence-electron chi connectivity index (χ3n) is 4.01. The summed E-state index contributed by atoms with van der Waals surface area (Å²) in [5, 5.41) is 9.85. The summed E-state index contributed by atoms with van der Waals surface area (Å²) in [5.74, 6) is 0.543. The van der Waals surface area contributed by atoms with Crippen molar-refractivity contribution in [2.24, 2.45) is 11.8 Å². The summed E-state index contributed by atoms with van der Waals surface area (Å²) in [5.41, 5.74) is 1.09. The lowest BCUT2D eigenvalue weighted by molar-refractivity contribution is 0.0697. The minimum absolute atomic E-state index is 0.340. The Labute approximate surface area is 119 Å². The number of aromatic carboxylic acids is 1. The summed E-state index contributed by atoms with van der Waals surface area (Å²) in [7, 11) is 0. The molecule has 1 fully saturated rings. The van der Waals surface area contributed by atoms with Crippen LogP contribution in [0.25, 0.3) is 0 Å². The van der Waals surface area contributed by atoms with Crippen molar-refractivity contribution in [1.82, 2.24) is 0 Å². The second-order valence-electron chi connectivity index (χ2n) is 5.54. The van der Waals surface area contributed by atoms with Crippen molar-refractivity contribution in [2.75, 3.05) is 18.0 Å². The van der Waals surface area contributed by atoms with Crippen LogP contribution < -0.4 is 4.90 Å². The van der Waals surface area contributed by atoms with Gasteiger partial charge in [-0.25, -0.2) is 4.79 Å². The molecule has 0 saturated carbocycles. The Kier molecular flexibility index (Phi) is 4.35. The minimum atomic E-state index is -0.891. The molecule has 4 heteroatoms. The number of hydrogen-bond donors (Lipinski definition) is 1. The zero-order valence-electron chi connectivity index (χ0n) is 11.4. The Morgan fingerprint density at radius 1 is 1.37 bits per heavy atom. The molecule has 104 valence electrons. The van der Waals surface area contributed by atoms with E-state index in [0.717, 1.165) is 37.5 Å². The highest BCUT2D eigenvalue weighted by Crippen LogP contribution is 2.31. The Bertz CT molecular complexity index is 465. The molecule has 0 atom stereocenters. The first-order chi connectivity index (χ1) is 8.99. The van der Waals surface area contributed by atoms with Crippen molar-refractivity contribution in [3.8, 4) is 0 Å².